The average Bonchev–Trinajstić information content (AvgIpc) is 2.77. The van der Waals surface area contributed by atoms with Crippen LogP contribution in [-0.4, -0.2) is 42.5 Å². The number of likely N-dealkylation sites (N-methyl/N-ethyl adjacent to an activating group) is 1. The molecule has 106 valence electrons. The van der Waals surface area contributed by atoms with E-state index in [1.807, 2.05) is 6.92 Å². The predicted octanol–water partition coefficient (Wildman–Crippen LogP) is 1.21. The van der Waals surface area contributed by atoms with Crippen LogP contribution in [0.2, 0.25) is 0 Å². The van der Waals surface area contributed by atoms with Crippen molar-refractivity contribution in [2.75, 3.05) is 20.1 Å². The lowest BCUT2D eigenvalue weighted by molar-refractivity contribution is -0.124. The van der Waals surface area contributed by atoms with E-state index in [1.165, 1.54) is 6.42 Å². The van der Waals surface area contributed by atoms with Crippen molar-refractivity contribution in [3.05, 3.63) is 0 Å². The van der Waals surface area contributed by atoms with Crippen LogP contribution in [0.5, 0.6) is 0 Å². The van der Waals surface area contributed by atoms with Crippen LogP contribution in [0.15, 0.2) is 0 Å². The first-order valence-electron chi connectivity index (χ1n) is 7.03. The predicted molar refractivity (Wildman–Crippen MR) is 75.3 cm³/mol. The fraction of sp³-hybridized carbons (Fsp3) is 0.929. The number of hydrogen-bond donors (Lipinski definition) is 2. The van der Waals surface area contributed by atoms with E-state index in [0.29, 0.717) is 6.04 Å². The summed E-state index contributed by atoms with van der Waals surface area (Å²) in [6, 6.07) is 0.388. The third-order valence-corrected chi connectivity index (χ3v) is 4.62. The van der Waals surface area contributed by atoms with Gasteiger partial charge in [-0.3, -0.25) is 4.79 Å². The van der Waals surface area contributed by atoms with Gasteiger partial charge in [0, 0.05) is 12.6 Å². The fourth-order valence-electron chi connectivity index (χ4n) is 2.81. The first-order chi connectivity index (χ1) is 8.30. The Kier molecular flexibility index (Phi) is 5.17. The Labute approximate surface area is 111 Å². The molecule has 0 aliphatic carbocycles. The molecule has 1 amide bonds. The minimum absolute atomic E-state index is 0.267. The summed E-state index contributed by atoms with van der Waals surface area (Å²) in [5.74, 6) is 1.27. The third kappa shape index (κ3) is 3.45. The molecule has 3 unspecified atom stereocenters. The second-order valence-corrected chi connectivity index (χ2v) is 6.29. The lowest BCUT2D eigenvalue weighted by Crippen LogP contribution is -2.54. The van der Waals surface area contributed by atoms with Gasteiger partial charge in [-0.15, -0.1) is 0 Å². The van der Waals surface area contributed by atoms with Crippen LogP contribution in [-0.2, 0) is 4.79 Å². The SMILES string of the molecule is CNC(C)(CC(C)N1CCC(C(C)C)C1)C(N)=O. The number of carbonyl (C=O) groups excluding carboxylic acids is 1. The normalized spacial score (nSPS) is 26.2. The Morgan fingerprint density at radius 2 is 2.11 bits per heavy atom. The van der Waals surface area contributed by atoms with Gasteiger partial charge in [0.05, 0.1) is 5.54 Å². The van der Waals surface area contributed by atoms with Crippen molar-refractivity contribution in [2.24, 2.45) is 17.6 Å². The minimum atomic E-state index is -0.602. The molecule has 3 N–H and O–H groups in total. The second-order valence-electron chi connectivity index (χ2n) is 6.29. The zero-order chi connectivity index (χ0) is 13.9. The molecule has 0 radical (unpaired) electrons. The lowest BCUT2D eigenvalue weighted by Gasteiger charge is -2.33. The Bertz CT molecular complexity index is 293. The maximum atomic E-state index is 11.5. The van der Waals surface area contributed by atoms with Crippen molar-refractivity contribution in [2.45, 2.75) is 52.1 Å². The third-order valence-electron chi connectivity index (χ3n) is 4.62. The van der Waals surface area contributed by atoms with Gasteiger partial charge in [-0.25, -0.2) is 0 Å². The highest BCUT2D eigenvalue weighted by atomic mass is 16.1. The molecule has 0 saturated carbocycles. The van der Waals surface area contributed by atoms with Gasteiger partial charge < -0.3 is 16.0 Å². The summed E-state index contributed by atoms with van der Waals surface area (Å²) in [5, 5.41) is 3.07. The van der Waals surface area contributed by atoms with Crippen molar-refractivity contribution in [1.82, 2.24) is 10.2 Å². The highest BCUT2D eigenvalue weighted by Gasteiger charge is 2.35. The van der Waals surface area contributed by atoms with Gasteiger partial charge >= 0.3 is 0 Å². The number of amides is 1. The highest BCUT2D eigenvalue weighted by Crippen LogP contribution is 2.27. The molecular weight excluding hydrogens is 226 g/mol. The molecule has 4 heteroatoms. The summed E-state index contributed by atoms with van der Waals surface area (Å²) in [6.07, 6.45) is 2.04. The average molecular weight is 255 g/mol. The van der Waals surface area contributed by atoms with Gasteiger partial charge in [0.15, 0.2) is 0 Å². The first kappa shape index (κ1) is 15.4. The van der Waals surface area contributed by atoms with Crippen LogP contribution in [0.1, 0.15) is 40.5 Å². The van der Waals surface area contributed by atoms with Crippen LogP contribution >= 0.6 is 0 Å². The van der Waals surface area contributed by atoms with Crippen LogP contribution in [0, 0.1) is 11.8 Å². The zero-order valence-electron chi connectivity index (χ0n) is 12.5. The molecule has 0 bridgehead atoms. The molecular formula is C14H29N3O. The highest BCUT2D eigenvalue weighted by molar-refractivity contribution is 5.84. The largest absolute Gasteiger partial charge is 0.368 e. The maximum Gasteiger partial charge on any atom is 0.237 e. The molecule has 1 heterocycles. The quantitative estimate of drug-likeness (QED) is 0.750. The number of likely N-dealkylation sites (tertiary alicyclic amines) is 1. The van der Waals surface area contributed by atoms with Crippen molar-refractivity contribution in [1.29, 1.82) is 0 Å². The van der Waals surface area contributed by atoms with Crippen molar-refractivity contribution >= 4 is 5.91 Å². The summed E-state index contributed by atoms with van der Waals surface area (Å²) in [5.41, 5.74) is 4.88. The topological polar surface area (TPSA) is 58.4 Å². The number of nitrogens with one attached hydrogen (secondary N) is 1. The van der Waals surface area contributed by atoms with E-state index in [-0.39, 0.29) is 5.91 Å². The standard InChI is InChI=1S/C14H29N3O/c1-10(2)12-6-7-17(9-12)11(3)8-14(4,16-5)13(15)18/h10-12,16H,6-9H2,1-5H3,(H2,15,18). The van der Waals surface area contributed by atoms with E-state index in [2.05, 4.69) is 31.0 Å². The molecule has 0 aromatic carbocycles. The Morgan fingerprint density at radius 1 is 1.50 bits per heavy atom. The van der Waals surface area contributed by atoms with E-state index >= 15 is 0 Å². The fourth-order valence-corrected chi connectivity index (χ4v) is 2.81. The van der Waals surface area contributed by atoms with E-state index < -0.39 is 5.54 Å². The molecule has 1 fully saturated rings. The number of carbonyl (C=O) groups is 1. The second kappa shape index (κ2) is 6.02. The van der Waals surface area contributed by atoms with Crippen LogP contribution in [0.4, 0.5) is 0 Å². The van der Waals surface area contributed by atoms with Crippen molar-refractivity contribution in [3.63, 3.8) is 0 Å². The Balaban J connectivity index is 2.56. The smallest absolute Gasteiger partial charge is 0.237 e. The molecule has 1 aliphatic rings. The molecule has 1 aliphatic heterocycles. The maximum absolute atomic E-state index is 11.5. The molecule has 3 atom stereocenters. The van der Waals surface area contributed by atoms with Gasteiger partial charge in [-0.2, -0.15) is 0 Å². The number of primary amides is 1. The van der Waals surface area contributed by atoms with Crippen LogP contribution in [0.25, 0.3) is 0 Å². The van der Waals surface area contributed by atoms with E-state index in [0.717, 1.165) is 31.3 Å². The van der Waals surface area contributed by atoms with E-state index in [4.69, 9.17) is 5.73 Å². The number of rotatable bonds is 6. The summed E-state index contributed by atoms with van der Waals surface area (Å²) in [7, 11) is 1.80. The summed E-state index contributed by atoms with van der Waals surface area (Å²) in [4.78, 5) is 14.0. The molecule has 0 spiro atoms. The summed E-state index contributed by atoms with van der Waals surface area (Å²) < 4.78 is 0. The number of nitrogens with zero attached hydrogens (tertiary/aromatic N) is 1. The van der Waals surface area contributed by atoms with E-state index in [1.54, 1.807) is 7.05 Å². The molecule has 0 aromatic rings. The van der Waals surface area contributed by atoms with Crippen molar-refractivity contribution in [3.8, 4) is 0 Å². The monoisotopic (exact) mass is 255 g/mol. The van der Waals surface area contributed by atoms with Gasteiger partial charge in [-0.1, -0.05) is 13.8 Å². The molecule has 1 rings (SSSR count). The van der Waals surface area contributed by atoms with Crippen molar-refractivity contribution < 1.29 is 4.79 Å². The molecule has 4 nitrogen and oxygen atoms in total. The van der Waals surface area contributed by atoms with Gasteiger partial charge in [0.2, 0.25) is 5.91 Å². The Hall–Kier alpha value is -0.610. The number of nitrogens with two attached hydrogens (primary N) is 1. The van der Waals surface area contributed by atoms with Crippen LogP contribution < -0.4 is 11.1 Å². The van der Waals surface area contributed by atoms with Gasteiger partial charge in [0.25, 0.3) is 0 Å². The summed E-state index contributed by atoms with van der Waals surface area (Å²) in [6.45, 7) is 11.0. The zero-order valence-corrected chi connectivity index (χ0v) is 12.5. The molecule has 1 saturated heterocycles. The molecule has 18 heavy (non-hydrogen) atoms. The first-order valence-corrected chi connectivity index (χ1v) is 7.03. The lowest BCUT2D eigenvalue weighted by atomic mass is 9.92. The van der Waals surface area contributed by atoms with Gasteiger partial charge in [0.1, 0.15) is 0 Å². The number of hydrogen-bond acceptors (Lipinski definition) is 3. The van der Waals surface area contributed by atoms with E-state index in [9.17, 15) is 4.79 Å². The van der Waals surface area contributed by atoms with Crippen LogP contribution in [0.3, 0.4) is 0 Å². The van der Waals surface area contributed by atoms with Gasteiger partial charge in [-0.05, 0) is 52.1 Å². The summed E-state index contributed by atoms with van der Waals surface area (Å²) >= 11 is 0. The molecule has 0 aromatic heterocycles. The Morgan fingerprint density at radius 3 is 2.50 bits per heavy atom. The minimum Gasteiger partial charge on any atom is -0.368 e.